The summed E-state index contributed by atoms with van der Waals surface area (Å²) >= 11 is 0. The molecular formula is C17H13N5O2. The fourth-order valence-corrected chi connectivity index (χ4v) is 2.08. The highest BCUT2D eigenvalue weighted by molar-refractivity contribution is 6.04. The fourth-order valence-electron chi connectivity index (χ4n) is 2.08. The number of nitrogens with one attached hydrogen (secondary N) is 2. The molecule has 0 spiro atoms. The van der Waals surface area contributed by atoms with Crippen LogP contribution in [0.25, 0.3) is 0 Å². The predicted molar refractivity (Wildman–Crippen MR) is 87.9 cm³/mol. The zero-order valence-electron chi connectivity index (χ0n) is 12.8. The zero-order valence-corrected chi connectivity index (χ0v) is 12.8. The highest BCUT2D eigenvalue weighted by Crippen LogP contribution is 2.17. The minimum absolute atomic E-state index is 0.322. The molecule has 2 N–H and O–H groups in total. The van der Waals surface area contributed by atoms with E-state index in [9.17, 15) is 4.79 Å². The van der Waals surface area contributed by atoms with E-state index in [2.05, 4.69) is 20.8 Å². The third kappa shape index (κ3) is 3.56. The van der Waals surface area contributed by atoms with Crippen LogP contribution in [0.2, 0.25) is 0 Å². The van der Waals surface area contributed by atoms with Gasteiger partial charge in [0.25, 0.3) is 5.91 Å². The Hall–Kier alpha value is -3.66. The molecule has 0 unspecified atom stereocenters. The molecule has 7 nitrogen and oxygen atoms in total. The van der Waals surface area contributed by atoms with Gasteiger partial charge in [-0.3, -0.25) is 9.78 Å². The van der Waals surface area contributed by atoms with Crippen molar-refractivity contribution in [2.24, 2.45) is 0 Å². The van der Waals surface area contributed by atoms with Crippen LogP contribution in [-0.2, 0) is 0 Å². The van der Waals surface area contributed by atoms with Gasteiger partial charge < -0.3 is 15.2 Å². The fraction of sp³-hybridized carbons (Fsp3) is 0.0588. The smallest absolute Gasteiger partial charge is 0.257 e. The molecule has 1 aromatic carbocycles. The van der Waals surface area contributed by atoms with Crippen LogP contribution in [0.15, 0.2) is 53.3 Å². The molecule has 2 heterocycles. The zero-order chi connectivity index (χ0) is 16.9. The normalized spacial score (nSPS) is 10.0. The number of pyridine rings is 1. The van der Waals surface area contributed by atoms with Crippen LogP contribution >= 0.6 is 0 Å². The molecule has 0 aliphatic carbocycles. The molecule has 24 heavy (non-hydrogen) atoms. The van der Waals surface area contributed by atoms with Gasteiger partial charge in [-0.25, -0.2) is 0 Å². The monoisotopic (exact) mass is 319 g/mol. The Morgan fingerprint density at radius 1 is 1.21 bits per heavy atom. The molecule has 0 aliphatic heterocycles. The molecule has 118 valence electrons. The largest absolute Gasteiger partial charge is 0.360 e. The third-order valence-corrected chi connectivity index (χ3v) is 3.15. The van der Waals surface area contributed by atoms with E-state index in [1.54, 1.807) is 49.5 Å². The van der Waals surface area contributed by atoms with Gasteiger partial charge in [-0.05, 0) is 31.2 Å². The first-order valence-electron chi connectivity index (χ1n) is 7.11. The van der Waals surface area contributed by atoms with Crippen molar-refractivity contribution in [2.75, 3.05) is 10.6 Å². The number of hydrogen-bond donors (Lipinski definition) is 2. The van der Waals surface area contributed by atoms with Crippen molar-refractivity contribution in [2.45, 2.75) is 6.92 Å². The first-order valence-corrected chi connectivity index (χ1v) is 7.11. The first-order chi connectivity index (χ1) is 11.6. The number of benzene rings is 1. The van der Waals surface area contributed by atoms with Crippen molar-refractivity contribution in [1.82, 2.24) is 10.1 Å². The molecule has 3 aromatic rings. The molecule has 2 aromatic heterocycles. The van der Waals surface area contributed by atoms with Crippen molar-refractivity contribution in [3.8, 4) is 6.07 Å². The number of aryl methyl sites for hydroxylation is 1. The van der Waals surface area contributed by atoms with Gasteiger partial charge in [0.05, 0.1) is 29.1 Å². The van der Waals surface area contributed by atoms with Gasteiger partial charge in [0, 0.05) is 18.0 Å². The van der Waals surface area contributed by atoms with Gasteiger partial charge in [0.15, 0.2) is 5.82 Å². The van der Waals surface area contributed by atoms with Gasteiger partial charge in [-0.2, -0.15) is 5.26 Å². The average molecular weight is 319 g/mol. The summed E-state index contributed by atoms with van der Waals surface area (Å²) in [5, 5.41) is 18.5. The van der Waals surface area contributed by atoms with E-state index in [-0.39, 0.29) is 5.91 Å². The van der Waals surface area contributed by atoms with Crippen LogP contribution in [0.3, 0.4) is 0 Å². The lowest BCUT2D eigenvalue weighted by Gasteiger charge is -2.07. The molecule has 0 saturated heterocycles. The Morgan fingerprint density at radius 2 is 2.08 bits per heavy atom. The molecule has 0 aliphatic rings. The molecule has 0 radical (unpaired) electrons. The molecular weight excluding hydrogens is 306 g/mol. The van der Waals surface area contributed by atoms with Crippen LogP contribution in [0, 0.1) is 18.3 Å². The van der Waals surface area contributed by atoms with Crippen molar-refractivity contribution in [1.29, 1.82) is 5.26 Å². The van der Waals surface area contributed by atoms with Crippen LogP contribution in [0.5, 0.6) is 0 Å². The van der Waals surface area contributed by atoms with Crippen LogP contribution in [0.1, 0.15) is 21.7 Å². The molecule has 0 saturated carbocycles. The van der Waals surface area contributed by atoms with Gasteiger partial charge in [-0.1, -0.05) is 11.2 Å². The predicted octanol–water partition coefficient (Wildman–Crippen LogP) is 3.25. The van der Waals surface area contributed by atoms with E-state index in [0.29, 0.717) is 34.1 Å². The Balaban J connectivity index is 1.75. The summed E-state index contributed by atoms with van der Waals surface area (Å²) in [5.41, 5.74) is 2.01. The number of nitriles is 1. The second-order valence-electron chi connectivity index (χ2n) is 5.06. The maximum Gasteiger partial charge on any atom is 0.257 e. The number of nitrogens with zero attached hydrogens (tertiary/aromatic N) is 3. The summed E-state index contributed by atoms with van der Waals surface area (Å²) in [6, 6.07) is 12.1. The topological polar surface area (TPSA) is 104 Å². The number of rotatable bonds is 4. The molecule has 0 atom stereocenters. The van der Waals surface area contributed by atoms with E-state index in [1.807, 2.05) is 6.07 Å². The Kier molecular flexibility index (Phi) is 4.21. The van der Waals surface area contributed by atoms with Gasteiger partial charge >= 0.3 is 0 Å². The van der Waals surface area contributed by atoms with Crippen molar-refractivity contribution < 1.29 is 9.32 Å². The van der Waals surface area contributed by atoms with Crippen LogP contribution < -0.4 is 10.6 Å². The lowest BCUT2D eigenvalue weighted by atomic mass is 10.2. The van der Waals surface area contributed by atoms with Crippen molar-refractivity contribution >= 4 is 23.1 Å². The lowest BCUT2D eigenvalue weighted by molar-refractivity contribution is 0.102. The summed E-state index contributed by atoms with van der Waals surface area (Å²) in [5.74, 6) is 0.892. The second kappa shape index (κ2) is 6.62. The number of anilines is 3. The van der Waals surface area contributed by atoms with E-state index >= 15 is 0 Å². The Morgan fingerprint density at radius 3 is 2.83 bits per heavy atom. The van der Waals surface area contributed by atoms with Gasteiger partial charge in [-0.15, -0.1) is 0 Å². The summed E-state index contributed by atoms with van der Waals surface area (Å²) in [6.07, 6.45) is 3.04. The SMILES string of the molecule is Cc1cc(Nc2cncc(C(=O)Nc3cccc(C#N)c3)c2)no1. The first kappa shape index (κ1) is 15.2. The summed E-state index contributed by atoms with van der Waals surface area (Å²) in [7, 11) is 0. The third-order valence-electron chi connectivity index (χ3n) is 3.15. The molecule has 0 bridgehead atoms. The minimum atomic E-state index is -0.322. The standard InChI is InChI=1S/C17H13N5O2/c1-11-5-16(22-24-11)20-15-7-13(9-19-10-15)17(23)21-14-4-2-3-12(6-14)8-18/h2-7,9-10H,1H3,(H,20,22)(H,21,23). The van der Waals surface area contributed by atoms with Crippen molar-refractivity contribution in [3.63, 3.8) is 0 Å². The van der Waals surface area contributed by atoms with E-state index in [1.165, 1.54) is 6.20 Å². The molecule has 0 fully saturated rings. The minimum Gasteiger partial charge on any atom is -0.360 e. The van der Waals surface area contributed by atoms with Gasteiger partial charge in [0.1, 0.15) is 5.76 Å². The maximum absolute atomic E-state index is 12.3. The summed E-state index contributed by atoms with van der Waals surface area (Å²) < 4.78 is 4.98. The maximum atomic E-state index is 12.3. The van der Waals surface area contributed by atoms with Gasteiger partial charge in [0.2, 0.25) is 0 Å². The highest BCUT2D eigenvalue weighted by atomic mass is 16.5. The van der Waals surface area contributed by atoms with E-state index in [0.717, 1.165) is 0 Å². The highest BCUT2D eigenvalue weighted by Gasteiger charge is 2.09. The van der Waals surface area contributed by atoms with Crippen molar-refractivity contribution in [3.05, 3.63) is 65.7 Å². The number of hydrogen-bond acceptors (Lipinski definition) is 6. The number of amides is 1. The quantitative estimate of drug-likeness (QED) is 0.765. The Labute approximate surface area is 137 Å². The summed E-state index contributed by atoms with van der Waals surface area (Å²) in [6.45, 7) is 1.79. The van der Waals surface area contributed by atoms with Crippen LogP contribution in [0.4, 0.5) is 17.2 Å². The van der Waals surface area contributed by atoms with E-state index in [4.69, 9.17) is 9.78 Å². The Bertz CT molecular complexity index is 926. The lowest BCUT2D eigenvalue weighted by Crippen LogP contribution is -2.12. The average Bonchev–Trinajstić information content (AvgIpc) is 3.00. The van der Waals surface area contributed by atoms with E-state index < -0.39 is 0 Å². The summed E-state index contributed by atoms with van der Waals surface area (Å²) in [4.78, 5) is 16.4. The molecule has 3 rings (SSSR count). The number of carbonyl (C=O) groups is 1. The molecule has 7 heteroatoms. The number of carbonyl (C=O) groups excluding carboxylic acids is 1. The van der Waals surface area contributed by atoms with Crippen LogP contribution in [-0.4, -0.2) is 16.0 Å². The number of aromatic nitrogens is 2. The molecule has 1 amide bonds. The second-order valence-corrected chi connectivity index (χ2v) is 5.06.